The average molecular weight is 306 g/mol. The molecule has 7 heteroatoms. The lowest BCUT2D eigenvalue weighted by atomic mass is 10.0. The zero-order valence-corrected chi connectivity index (χ0v) is 12.4. The van der Waals surface area contributed by atoms with Gasteiger partial charge in [-0.05, 0) is 29.7 Å². The van der Waals surface area contributed by atoms with E-state index in [0.29, 0.717) is 31.0 Å². The molecule has 1 aromatic rings. The normalized spacial score (nSPS) is 15.9. The fourth-order valence-electron chi connectivity index (χ4n) is 2.16. The molecule has 0 bridgehead atoms. The van der Waals surface area contributed by atoms with E-state index in [1.165, 1.54) is 4.31 Å². The van der Waals surface area contributed by atoms with Crippen molar-refractivity contribution >= 4 is 21.6 Å². The maximum absolute atomic E-state index is 11.8. The fraction of sp³-hybridized carbons (Fsp3) is 0.500. The first kappa shape index (κ1) is 14.4. The molecule has 0 radical (unpaired) electrons. The van der Waals surface area contributed by atoms with Crippen molar-refractivity contribution < 1.29 is 17.9 Å². The molecule has 1 aliphatic heterocycles. The van der Waals surface area contributed by atoms with Crippen molar-refractivity contribution in [1.82, 2.24) is 4.31 Å². The second-order valence-corrected chi connectivity index (χ2v) is 6.83. The summed E-state index contributed by atoms with van der Waals surface area (Å²) in [6.45, 7) is 0.766. The molecule has 0 aromatic heterocycles. The van der Waals surface area contributed by atoms with Crippen LogP contribution in [0.1, 0.15) is 11.1 Å². The molecule has 0 saturated heterocycles. The van der Waals surface area contributed by atoms with Gasteiger partial charge < -0.3 is 9.47 Å². The summed E-state index contributed by atoms with van der Waals surface area (Å²) in [5.74, 6) is 1.27. The van der Waals surface area contributed by atoms with E-state index < -0.39 is 15.2 Å². The maximum Gasteiger partial charge on any atom is 0.228 e. The SMILES string of the molecule is COc1cc2c(cc1OC)CN(S(=O)(=O)CCl)CC2. The number of sulfonamides is 1. The van der Waals surface area contributed by atoms with Gasteiger partial charge in [0.25, 0.3) is 0 Å². The third kappa shape index (κ3) is 2.80. The molecule has 2 rings (SSSR count). The van der Waals surface area contributed by atoms with Crippen LogP contribution < -0.4 is 9.47 Å². The van der Waals surface area contributed by atoms with Crippen molar-refractivity contribution in [3.8, 4) is 11.5 Å². The van der Waals surface area contributed by atoms with Gasteiger partial charge in [0.2, 0.25) is 10.0 Å². The Balaban J connectivity index is 2.35. The fourth-order valence-corrected chi connectivity index (χ4v) is 3.42. The van der Waals surface area contributed by atoms with Gasteiger partial charge in [-0.1, -0.05) is 0 Å². The summed E-state index contributed by atoms with van der Waals surface area (Å²) in [5.41, 5.74) is 2.01. The number of benzene rings is 1. The molecular weight excluding hydrogens is 290 g/mol. The van der Waals surface area contributed by atoms with Gasteiger partial charge in [0.05, 0.1) is 14.2 Å². The van der Waals surface area contributed by atoms with Crippen LogP contribution in [0.2, 0.25) is 0 Å². The second kappa shape index (κ2) is 5.56. The summed E-state index contributed by atoms with van der Waals surface area (Å²) in [6, 6.07) is 3.73. The van der Waals surface area contributed by atoms with Crippen molar-refractivity contribution in [1.29, 1.82) is 0 Å². The number of rotatable bonds is 4. The van der Waals surface area contributed by atoms with Crippen molar-refractivity contribution in [3.63, 3.8) is 0 Å². The minimum absolute atomic E-state index is 0.324. The van der Waals surface area contributed by atoms with Crippen LogP contribution in [0.25, 0.3) is 0 Å². The zero-order chi connectivity index (χ0) is 14.0. The Kier molecular flexibility index (Phi) is 4.23. The molecule has 0 spiro atoms. The van der Waals surface area contributed by atoms with Crippen LogP contribution in [0.5, 0.6) is 11.5 Å². The van der Waals surface area contributed by atoms with Gasteiger partial charge in [0, 0.05) is 13.1 Å². The Morgan fingerprint density at radius 2 is 1.79 bits per heavy atom. The van der Waals surface area contributed by atoms with Crippen LogP contribution in [-0.2, 0) is 23.0 Å². The molecule has 1 heterocycles. The molecular formula is C12H16ClNO4S. The summed E-state index contributed by atoms with van der Waals surface area (Å²) in [7, 11) is -0.236. The van der Waals surface area contributed by atoms with Gasteiger partial charge in [-0.2, -0.15) is 4.31 Å². The molecule has 0 saturated carbocycles. The van der Waals surface area contributed by atoms with Crippen LogP contribution >= 0.6 is 11.6 Å². The quantitative estimate of drug-likeness (QED) is 0.793. The van der Waals surface area contributed by atoms with Gasteiger partial charge in [0.1, 0.15) is 5.21 Å². The van der Waals surface area contributed by atoms with Gasteiger partial charge in [-0.15, -0.1) is 11.6 Å². The number of halogens is 1. The summed E-state index contributed by atoms with van der Waals surface area (Å²) < 4.78 is 35.4. The van der Waals surface area contributed by atoms with E-state index >= 15 is 0 Å². The van der Waals surface area contributed by atoms with Crippen LogP contribution in [0.15, 0.2) is 12.1 Å². The van der Waals surface area contributed by atoms with E-state index in [1.807, 2.05) is 12.1 Å². The first-order chi connectivity index (χ1) is 9.01. The third-order valence-electron chi connectivity index (χ3n) is 3.21. The molecule has 1 aromatic carbocycles. The molecule has 1 aliphatic rings. The van der Waals surface area contributed by atoms with Gasteiger partial charge in [0.15, 0.2) is 11.5 Å². The van der Waals surface area contributed by atoms with Gasteiger partial charge in [-0.3, -0.25) is 0 Å². The number of methoxy groups -OCH3 is 2. The number of ether oxygens (including phenoxy) is 2. The molecule has 0 unspecified atom stereocenters. The minimum Gasteiger partial charge on any atom is -0.493 e. The lowest BCUT2D eigenvalue weighted by Crippen LogP contribution is -2.36. The molecule has 0 N–H and O–H groups in total. The molecule has 0 atom stereocenters. The highest BCUT2D eigenvalue weighted by molar-refractivity contribution is 7.90. The standard InChI is InChI=1S/C12H16ClNO4S/c1-17-11-5-9-3-4-14(19(15,16)8-13)7-10(9)6-12(11)18-2/h5-6H,3-4,7-8H2,1-2H3. The van der Waals surface area contributed by atoms with E-state index in [4.69, 9.17) is 21.1 Å². The molecule has 106 valence electrons. The predicted molar refractivity (Wildman–Crippen MR) is 73.3 cm³/mol. The smallest absolute Gasteiger partial charge is 0.228 e. The number of fused-ring (bicyclic) bond motifs is 1. The lowest BCUT2D eigenvalue weighted by Gasteiger charge is -2.28. The molecule has 5 nitrogen and oxygen atoms in total. The minimum atomic E-state index is -3.37. The van der Waals surface area contributed by atoms with Crippen LogP contribution in [0.4, 0.5) is 0 Å². The average Bonchev–Trinajstić information content (AvgIpc) is 2.44. The van der Waals surface area contributed by atoms with Crippen molar-refractivity contribution in [3.05, 3.63) is 23.3 Å². The molecule has 0 amide bonds. The van der Waals surface area contributed by atoms with Crippen LogP contribution in [-0.4, -0.2) is 38.7 Å². The Bertz CT molecular complexity index is 573. The monoisotopic (exact) mass is 305 g/mol. The summed E-state index contributed by atoms with van der Waals surface area (Å²) in [5, 5.41) is -0.393. The Morgan fingerprint density at radius 1 is 1.21 bits per heavy atom. The van der Waals surface area contributed by atoms with Crippen LogP contribution in [0, 0.1) is 0 Å². The number of nitrogens with zero attached hydrogens (tertiary/aromatic N) is 1. The Labute approximate surface area is 118 Å². The largest absolute Gasteiger partial charge is 0.493 e. The highest BCUT2D eigenvalue weighted by Crippen LogP contribution is 2.33. The first-order valence-corrected chi connectivity index (χ1v) is 7.93. The van der Waals surface area contributed by atoms with Crippen LogP contribution in [0.3, 0.4) is 0 Å². The first-order valence-electron chi connectivity index (χ1n) is 5.79. The van der Waals surface area contributed by atoms with Crippen molar-refractivity contribution in [2.24, 2.45) is 0 Å². The maximum atomic E-state index is 11.8. The topological polar surface area (TPSA) is 55.8 Å². The second-order valence-electron chi connectivity index (χ2n) is 4.28. The zero-order valence-electron chi connectivity index (χ0n) is 10.8. The Morgan fingerprint density at radius 3 is 2.32 bits per heavy atom. The Hall–Kier alpha value is -0.980. The number of hydrogen-bond acceptors (Lipinski definition) is 4. The highest BCUT2D eigenvalue weighted by atomic mass is 35.5. The van der Waals surface area contributed by atoms with E-state index in [9.17, 15) is 8.42 Å². The molecule has 19 heavy (non-hydrogen) atoms. The van der Waals surface area contributed by atoms with Gasteiger partial charge >= 0.3 is 0 Å². The number of alkyl halides is 1. The summed E-state index contributed by atoms with van der Waals surface area (Å²) in [4.78, 5) is 0. The van der Waals surface area contributed by atoms with E-state index in [1.54, 1.807) is 14.2 Å². The van der Waals surface area contributed by atoms with E-state index in [2.05, 4.69) is 0 Å². The molecule has 0 aliphatic carbocycles. The summed E-state index contributed by atoms with van der Waals surface area (Å²) in [6.07, 6.45) is 0.645. The number of hydrogen-bond donors (Lipinski definition) is 0. The van der Waals surface area contributed by atoms with E-state index in [-0.39, 0.29) is 0 Å². The van der Waals surface area contributed by atoms with Gasteiger partial charge in [-0.25, -0.2) is 8.42 Å². The van der Waals surface area contributed by atoms with E-state index in [0.717, 1.165) is 11.1 Å². The lowest BCUT2D eigenvalue weighted by molar-refractivity contribution is 0.349. The van der Waals surface area contributed by atoms with Crippen molar-refractivity contribution in [2.75, 3.05) is 26.0 Å². The third-order valence-corrected chi connectivity index (χ3v) is 5.42. The summed E-state index contributed by atoms with van der Waals surface area (Å²) >= 11 is 5.49. The highest BCUT2D eigenvalue weighted by Gasteiger charge is 2.27. The molecule has 0 fully saturated rings. The predicted octanol–water partition coefficient (Wildman–Crippen LogP) is 1.59. The van der Waals surface area contributed by atoms with Crippen molar-refractivity contribution in [2.45, 2.75) is 13.0 Å².